The topological polar surface area (TPSA) is 105 Å². The normalized spacial score (nSPS) is 17.2. The highest BCUT2D eigenvalue weighted by Gasteiger charge is 2.48. The molecule has 2 aliphatic heterocycles. The van der Waals surface area contributed by atoms with Gasteiger partial charge in [0.05, 0.1) is 5.41 Å². The lowest BCUT2D eigenvalue weighted by molar-refractivity contribution is -0.121. The SMILES string of the molecule is CCn1c(C(=O)NCC(C)(C)C)nc2c(N3CCC4(CC3)C(=O)Nc3ccccc34)ncnc21. The Kier molecular flexibility index (Phi) is 5.30. The summed E-state index contributed by atoms with van der Waals surface area (Å²) in [5.41, 5.74) is 2.74. The number of carbonyl (C=O) groups excluding carboxylic acids is 2. The van der Waals surface area contributed by atoms with E-state index in [4.69, 9.17) is 4.98 Å². The fourth-order valence-electron chi connectivity index (χ4n) is 5.02. The summed E-state index contributed by atoms with van der Waals surface area (Å²) < 4.78 is 1.84. The van der Waals surface area contributed by atoms with Gasteiger partial charge in [-0.2, -0.15) is 0 Å². The molecule has 1 fully saturated rings. The van der Waals surface area contributed by atoms with Crippen molar-refractivity contribution in [3.63, 3.8) is 0 Å². The highest BCUT2D eigenvalue weighted by atomic mass is 16.2. The van der Waals surface area contributed by atoms with E-state index in [0.29, 0.717) is 61.8 Å². The Bertz CT molecular complexity index is 1270. The van der Waals surface area contributed by atoms with Gasteiger partial charge in [0, 0.05) is 31.9 Å². The van der Waals surface area contributed by atoms with Gasteiger partial charge in [0.15, 0.2) is 17.0 Å². The van der Waals surface area contributed by atoms with Gasteiger partial charge in [0.2, 0.25) is 11.7 Å². The summed E-state index contributed by atoms with van der Waals surface area (Å²) >= 11 is 0. The molecule has 3 aromatic rings. The molecular formula is C25H31N7O2. The Morgan fingerprint density at radius 3 is 2.62 bits per heavy atom. The van der Waals surface area contributed by atoms with Crippen LogP contribution in [0.1, 0.15) is 56.7 Å². The van der Waals surface area contributed by atoms with Crippen LogP contribution < -0.4 is 15.5 Å². The summed E-state index contributed by atoms with van der Waals surface area (Å²) in [7, 11) is 0. The molecule has 0 bridgehead atoms. The second-order valence-electron chi connectivity index (χ2n) is 10.4. The number of rotatable bonds is 4. The maximum Gasteiger partial charge on any atom is 0.287 e. The molecule has 34 heavy (non-hydrogen) atoms. The van der Waals surface area contributed by atoms with Gasteiger partial charge < -0.3 is 20.1 Å². The number of benzene rings is 1. The molecule has 178 valence electrons. The van der Waals surface area contributed by atoms with Crippen LogP contribution in [0.25, 0.3) is 11.2 Å². The summed E-state index contributed by atoms with van der Waals surface area (Å²) in [6.07, 6.45) is 2.91. The first-order valence-electron chi connectivity index (χ1n) is 11.9. The first-order chi connectivity index (χ1) is 16.2. The van der Waals surface area contributed by atoms with Gasteiger partial charge in [-0.3, -0.25) is 9.59 Å². The van der Waals surface area contributed by atoms with Crippen LogP contribution in [0.4, 0.5) is 11.5 Å². The zero-order chi connectivity index (χ0) is 24.1. The Hall–Kier alpha value is -3.49. The van der Waals surface area contributed by atoms with Gasteiger partial charge in [0.25, 0.3) is 5.91 Å². The van der Waals surface area contributed by atoms with E-state index in [2.05, 4.69) is 52.3 Å². The highest BCUT2D eigenvalue weighted by Crippen LogP contribution is 2.45. The number of carbonyl (C=O) groups is 2. The number of aromatic nitrogens is 4. The number of para-hydroxylation sites is 1. The van der Waals surface area contributed by atoms with Crippen molar-refractivity contribution < 1.29 is 9.59 Å². The number of anilines is 2. The number of aryl methyl sites for hydroxylation is 1. The second-order valence-corrected chi connectivity index (χ2v) is 10.4. The third-order valence-electron chi connectivity index (χ3n) is 6.85. The number of nitrogens with one attached hydrogen (secondary N) is 2. The minimum atomic E-state index is -0.500. The third-order valence-corrected chi connectivity index (χ3v) is 6.85. The van der Waals surface area contributed by atoms with Crippen LogP contribution in [0.5, 0.6) is 0 Å². The van der Waals surface area contributed by atoms with Crippen LogP contribution in [0, 0.1) is 5.41 Å². The van der Waals surface area contributed by atoms with Crippen LogP contribution in [0.2, 0.25) is 0 Å². The van der Waals surface area contributed by atoms with Crippen LogP contribution >= 0.6 is 0 Å². The van der Waals surface area contributed by atoms with Crippen molar-refractivity contribution in [3.05, 3.63) is 42.0 Å². The number of amides is 2. The Morgan fingerprint density at radius 1 is 1.18 bits per heavy atom. The summed E-state index contributed by atoms with van der Waals surface area (Å²) in [6, 6.07) is 7.96. The minimum absolute atomic E-state index is 0.0292. The van der Waals surface area contributed by atoms with E-state index in [1.165, 1.54) is 6.33 Å². The number of hydrogen-bond acceptors (Lipinski definition) is 6. The maximum absolute atomic E-state index is 13.0. The fourth-order valence-corrected chi connectivity index (χ4v) is 5.02. The third kappa shape index (κ3) is 3.59. The van der Waals surface area contributed by atoms with Crippen LogP contribution in [0.15, 0.2) is 30.6 Å². The molecule has 2 N–H and O–H groups in total. The summed E-state index contributed by atoms with van der Waals surface area (Å²) in [5.74, 6) is 0.927. The van der Waals surface area contributed by atoms with E-state index in [-0.39, 0.29) is 17.2 Å². The summed E-state index contributed by atoms with van der Waals surface area (Å²) in [4.78, 5) is 41.8. The molecule has 1 spiro atoms. The zero-order valence-corrected chi connectivity index (χ0v) is 20.2. The standard InChI is InChI=1S/C25H31N7O2/c1-5-32-20-18(30-21(32)22(33)26-14-24(2,3)4)19(27-15-28-20)31-12-10-25(11-13-31)16-8-6-7-9-17(16)29-23(25)34/h6-9,15H,5,10-14H2,1-4H3,(H,26,33)(H,29,34). The average Bonchev–Trinajstić information content (AvgIpc) is 3.33. The van der Waals surface area contributed by atoms with Gasteiger partial charge in [-0.05, 0) is 36.8 Å². The van der Waals surface area contributed by atoms with Gasteiger partial charge >= 0.3 is 0 Å². The predicted molar refractivity (Wildman–Crippen MR) is 131 cm³/mol. The van der Waals surface area contributed by atoms with Crippen molar-refractivity contribution in [2.45, 2.75) is 52.5 Å². The quantitative estimate of drug-likeness (QED) is 0.619. The molecule has 9 nitrogen and oxygen atoms in total. The van der Waals surface area contributed by atoms with Crippen LogP contribution in [0.3, 0.4) is 0 Å². The number of fused-ring (bicyclic) bond motifs is 3. The van der Waals surface area contributed by atoms with Gasteiger partial charge in [-0.25, -0.2) is 15.0 Å². The Balaban J connectivity index is 1.44. The van der Waals surface area contributed by atoms with E-state index in [1.54, 1.807) is 0 Å². The van der Waals surface area contributed by atoms with Crippen molar-refractivity contribution >= 4 is 34.5 Å². The molecule has 0 radical (unpaired) electrons. The second kappa shape index (κ2) is 8.07. The average molecular weight is 462 g/mol. The van der Waals surface area contributed by atoms with Crippen molar-refractivity contribution in [1.82, 2.24) is 24.8 Å². The lowest BCUT2D eigenvalue weighted by Gasteiger charge is -2.38. The largest absolute Gasteiger partial charge is 0.355 e. The molecule has 0 saturated carbocycles. The van der Waals surface area contributed by atoms with Gasteiger partial charge in [0.1, 0.15) is 6.33 Å². The predicted octanol–water partition coefficient (Wildman–Crippen LogP) is 3.11. The van der Waals surface area contributed by atoms with E-state index in [1.807, 2.05) is 29.7 Å². The highest BCUT2D eigenvalue weighted by molar-refractivity contribution is 6.06. The summed E-state index contributed by atoms with van der Waals surface area (Å²) in [5, 5.41) is 6.04. The molecule has 1 saturated heterocycles. The molecule has 1 aromatic carbocycles. The van der Waals surface area contributed by atoms with E-state index < -0.39 is 5.41 Å². The Labute approximate surface area is 199 Å². The summed E-state index contributed by atoms with van der Waals surface area (Å²) in [6.45, 7) is 10.7. The lowest BCUT2D eigenvalue weighted by Crippen LogP contribution is -2.46. The molecule has 0 aliphatic carbocycles. The number of piperidine rings is 1. The van der Waals surface area contributed by atoms with E-state index >= 15 is 0 Å². The van der Waals surface area contributed by atoms with Crippen LogP contribution in [-0.4, -0.2) is 51.0 Å². The smallest absolute Gasteiger partial charge is 0.287 e. The van der Waals surface area contributed by atoms with Crippen LogP contribution in [-0.2, 0) is 16.8 Å². The fraction of sp³-hybridized carbons (Fsp3) is 0.480. The molecule has 4 heterocycles. The Morgan fingerprint density at radius 2 is 1.91 bits per heavy atom. The van der Waals surface area contributed by atoms with Gasteiger partial charge in [-0.15, -0.1) is 0 Å². The van der Waals surface area contributed by atoms with Crippen molar-refractivity contribution in [2.24, 2.45) is 5.41 Å². The van der Waals surface area contributed by atoms with E-state index in [9.17, 15) is 9.59 Å². The molecule has 2 amide bonds. The first-order valence-corrected chi connectivity index (χ1v) is 11.9. The van der Waals surface area contributed by atoms with E-state index in [0.717, 1.165) is 11.3 Å². The van der Waals surface area contributed by atoms with Crippen molar-refractivity contribution in [2.75, 3.05) is 29.9 Å². The maximum atomic E-state index is 13.0. The molecule has 2 aromatic heterocycles. The number of hydrogen-bond donors (Lipinski definition) is 2. The number of imidazole rings is 1. The lowest BCUT2D eigenvalue weighted by atomic mass is 9.73. The number of nitrogens with zero attached hydrogens (tertiary/aromatic N) is 5. The molecule has 9 heteroatoms. The van der Waals surface area contributed by atoms with Crippen molar-refractivity contribution in [1.29, 1.82) is 0 Å². The van der Waals surface area contributed by atoms with Crippen molar-refractivity contribution in [3.8, 4) is 0 Å². The monoisotopic (exact) mass is 461 g/mol. The molecule has 0 unspecified atom stereocenters. The molecule has 0 atom stereocenters. The minimum Gasteiger partial charge on any atom is -0.355 e. The molecule has 2 aliphatic rings. The zero-order valence-electron chi connectivity index (χ0n) is 20.2. The first kappa shape index (κ1) is 22.3. The molecular weight excluding hydrogens is 430 g/mol. The molecule has 5 rings (SSSR count). The van der Waals surface area contributed by atoms with Gasteiger partial charge in [-0.1, -0.05) is 39.0 Å².